The molecule has 1 atom stereocenters. The number of halogens is 4. The van der Waals surface area contributed by atoms with Crippen molar-refractivity contribution in [2.45, 2.75) is 44.9 Å². The smallest absolute Gasteiger partial charge is 0.416 e. The zero-order valence-corrected chi connectivity index (χ0v) is 28.5. The van der Waals surface area contributed by atoms with E-state index in [4.69, 9.17) is 4.74 Å². The van der Waals surface area contributed by atoms with Crippen LogP contribution in [0.15, 0.2) is 64.6 Å². The van der Waals surface area contributed by atoms with Crippen LogP contribution in [0.1, 0.15) is 48.9 Å². The molecule has 11 nitrogen and oxygen atoms in total. The number of alkyl halides is 3. The molecule has 0 radical (unpaired) electrons. The van der Waals surface area contributed by atoms with E-state index in [-0.39, 0.29) is 41.2 Å². The molecule has 2 heterocycles. The highest BCUT2D eigenvalue weighted by Gasteiger charge is 2.41. The number of unbranched alkanes of at least 4 members (excludes halogenated alkanes) is 2. The lowest BCUT2D eigenvalue weighted by molar-refractivity contribution is -0.870. The molecule has 0 saturated carbocycles. The molecule has 4 rings (SSSR count). The zero-order chi connectivity index (χ0) is 34.7. The Morgan fingerprint density at radius 1 is 1.08 bits per heavy atom. The lowest BCUT2D eigenvalue weighted by Crippen LogP contribution is -3.00. The summed E-state index contributed by atoms with van der Waals surface area (Å²) in [6.45, 7) is 2.55. The van der Waals surface area contributed by atoms with Gasteiger partial charge >= 0.3 is 17.8 Å². The second-order valence-corrected chi connectivity index (χ2v) is 12.5. The van der Waals surface area contributed by atoms with Gasteiger partial charge in [-0.05, 0) is 62.1 Å². The van der Waals surface area contributed by atoms with Gasteiger partial charge < -0.3 is 26.5 Å². The second-order valence-electron chi connectivity index (χ2n) is 12.5. The lowest BCUT2D eigenvalue weighted by atomic mass is 9.93. The highest BCUT2D eigenvalue weighted by Crippen LogP contribution is 2.43. The van der Waals surface area contributed by atoms with Gasteiger partial charge in [0.2, 0.25) is 11.9 Å². The Bertz CT molecular complexity index is 1770. The summed E-state index contributed by atoms with van der Waals surface area (Å²) in [5, 5.41) is 13.8. The van der Waals surface area contributed by atoms with Crippen LogP contribution in [0.4, 0.5) is 24.8 Å². The van der Waals surface area contributed by atoms with Crippen molar-refractivity contribution >= 4 is 23.5 Å². The van der Waals surface area contributed by atoms with Crippen molar-refractivity contribution in [1.82, 2.24) is 19.2 Å². The number of ether oxygens (including phenoxy) is 1. The molecule has 0 saturated heterocycles. The Balaban J connectivity index is 0.00000625. The minimum absolute atomic E-state index is 0. The minimum Gasteiger partial charge on any atom is -1.00 e. The third-order valence-electron chi connectivity index (χ3n) is 8.04. The molecule has 0 N–H and O–H groups in total. The molecular formula is C33H39ClF3N7O4. The topological polar surface area (TPSA) is 113 Å². The average molecular weight is 690 g/mol. The molecule has 2 aromatic carbocycles. The maximum atomic E-state index is 14.1. The van der Waals surface area contributed by atoms with Gasteiger partial charge in [-0.3, -0.25) is 9.69 Å². The maximum Gasteiger partial charge on any atom is 0.416 e. The molecule has 0 fully saturated rings. The van der Waals surface area contributed by atoms with Crippen LogP contribution in [0.25, 0.3) is 0 Å². The zero-order valence-electron chi connectivity index (χ0n) is 27.7. The molecule has 1 aromatic heterocycles. The van der Waals surface area contributed by atoms with E-state index in [1.165, 1.54) is 45.6 Å². The molecule has 0 spiro atoms. The standard InChI is InChI=1S/C33H39F3N7O4.ClH/c1-22-28(30(45)47-6)29(24-15-13-23(20-37)14-16-24)42-31(41(22)26-12-10-11-25(19-26)33(34,35)36)38-40(32(42)46)21-27(44)39(2)17-8-7-9-18-43(3,4)5;/h10-16,19,29H,7-9,17-18,21H2,1-6H3;1H/q+1;/p-1. The van der Waals surface area contributed by atoms with Gasteiger partial charge in [-0.2, -0.15) is 18.4 Å². The molecule has 1 unspecified atom stereocenters. The van der Waals surface area contributed by atoms with E-state index in [9.17, 15) is 32.8 Å². The van der Waals surface area contributed by atoms with Gasteiger partial charge in [0.25, 0.3) is 0 Å². The van der Waals surface area contributed by atoms with Gasteiger partial charge in [0.1, 0.15) is 12.6 Å². The van der Waals surface area contributed by atoms with Crippen molar-refractivity contribution in [3.63, 3.8) is 0 Å². The normalized spacial score (nSPS) is 14.6. The molecule has 48 heavy (non-hydrogen) atoms. The van der Waals surface area contributed by atoms with Crippen LogP contribution in [0, 0.1) is 11.3 Å². The van der Waals surface area contributed by atoms with E-state index in [1.54, 1.807) is 19.2 Å². The number of methoxy groups -OCH3 is 1. The van der Waals surface area contributed by atoms with Gasteiger partial charge in [-0.25, -0.2) is 18.8 Å². The van der Waals surface area contributed by atoms with Crippen LogP contribution in [0.3, 0.4) is 0 Å². The van der Waals surface area contributed by atoms with E-state index in [0.717, 1.165) is 54.2 Å². The molecule has 0 bridgehead atoms. The summed E-state index contributed by atoms with van der Waals surface area (Å²) < 4.78 is 49.3. The number of amides is 1. The van der Waals surface area contributed by atoms with Gasteiger partial charge in [0.15, 0.2) is 0 Å². The van der Waals surface area contributed by atoms with Gasteiger partial charge in [-0.15, -0.1) is 5.10 Å². The molecule has 15 heteroatoms. The lowest BCUT2D eigenvalue weighted by Gasteiger charge is -2.35. The number of hydrogen-bond donors (Lipinski definition) is 0. The number of nitriles is 1. The van der Waals surface area contributed by atoms with Crippen molar-refractivity contribution < 1.29 is 44.4 Å². The number of hydrogen-bond acceptors (Lipinski definition) is 7. The molecule has 1 aliphatic rings. The van der Waals surface area contributed by atoms with Crippen molar-refractivity contribution in [2.75, 3.05) is 53.3 Å². The van der Waals surface area contributed by atoms with Crippen LogP contribution < -0.4 is 23.0 Å². The highest BCUT2D eigenvalue weighted by atomic mass is 35.5. The van der Waals surface area contributed by atoms with E-state index in [2.05, 4.69) is 26.2 Å². The Kier molecular flexibility index (Phi) is 11.9. The average Bonchev–Trinajstić information content (AvgIpc) is 3.33. The molecule has 0 aliphatic carbocycles. The molecule has 258 valence electrons. The third kappa shape index (κ3) is 8.26. The summed E-state index contributed by atoms with van der Waals surface area (Å²) in [5.74, 6) is -1.29. The number of benzene rings is 2. The summed E-state index contributed by atoms with van der Waals surface area (Å²) in [6, 6.07) is 11.5. The third-order valence-corrected chi connectivity index (χ3v) is 8.04. The Morgan fingerprint density at radius 3 is 2.33 bits per heavy atom. The number of aromatic nitrogens is 3. The van der Waals surface area contributed by atoms with Gasteiger partial charge in [0.05, 0.1) is 57.6 Å². The number of allylic oxidation sites excluding steroid dienone is 1. The first-order valence-electron chi connectivity index (χ1n) is 15.1. The maximum absolute atomic E-state index is 14.1. The number of carbonyl (C=O) groups is 2. The first-order valence-corrected chi connectivity index (χ1v) is 15.1. The molecular weight excluding hydrogens is 651 g/mol. The van der Waals surface area contributed by atoms with Crippen molar-refractivity contribution in [1.29, 1.82) is 5.26 Å². The number of fused-ring (bicyclic) bond motifs is 1. The van der Waals surface area contributed by atoms with Crippen LogP contribution in [-0.2, 0) is 27.0 Å². The fourth-order valence-corrected chi connectivity index (χ4v) is 5.53. The van der Waals surface area contributed by atoms with Crippen LogP contribution in [-0.4, -0.2) is 84.0 Å². The van der Waals surface area contributed by atoms with Gasteiger partial charge in [0, 0.05) is 25.0 Å². The van der Waals surface area contributed by atoms with Crippen LogP contribution in [0.5, 0.6) is 0 Å². The second kappa shape index (κ2) is 15.1. The van der Waals surface area contributed by atoms with E-state index < -0.39 is 36.0 Å². The molecule has 3 aromatic rings. The first-order chi connectivity index (χ1) is 22.1. The number of nitrogens with zero attached hydrogens (tertiary/aromatic N) is 7. The highest BCUT2D eigenvalue weighted by molar-refractivity contribution is 5.93. The SMILES string of the molecule is COC(=O)C1=C(C)N(c2cccc(C(F)(F)F)c2)c2nn(CC(=O)N(C)CCCCC[N+](C)(C)C)c(=O)n2C1c1ccc(C#N)cc1.[Cl-]. The number of esters is 1. The summed E-state index contributed by atoms with van der Waals surface area (Å²) in [6.07, 6.45) is -1.98. The Hall–Kier alpha value is -4.61. The summed E-state index contributed by atoms with van der Waals surface area (Å²) in [7, 11) is 9.14. The quantitative estimate of drug-likeness (QED) is 0.170. The summed E-state index contributed by atoms with van der Waals surface area (Å²) in [4.78, 5) is 43.5. The Morgan fingerprint density at radius 2 is 1.75 bits per heavy atom. The van der Waals surface area contributed by atoms with Crippen LogP contribution >= 0.6 is 0 Å². The van der Waals surface area contributed by atoms with Crippen molar-refractivity contribution in [3.05, 3.63) is 87.0 Å². The van der Waals surface area contributed by atoms with E-state index in [0.29, 0.717) is 17.7 Å². The number of carbonyl (C=O) groups excluding carboxylic acids is 2. The minimum atomic E-state index is -4.67. The van der Waals surface area contributed by atoms with E-state index in [1.807, 2.05) is 6.07 Å². The molecule has 1 amide bonds. The van der Waals surface area contributed by atoms with Crippen molar-refractivity contribution in [3.8, 4) is 6.07 Å². The van der Waals surface area contributed by atoms with Crippen LogP contribution in [0.2, 0.25) is 0 Å². The predicted octanol–water partition coefficient (Wildman–Crippen LogP) is 1.46. The largest absolute Gasteiger partial charge is 1.00 e. The number of rotatable bonds is 11. The van der Waals surface area contributed by atoms with E-state index >= 15 is 0 Å². The summed E-state index contributed by atoms with van der Waals surface area (Å²) in [5.41, 5.74) is -0.799. The fraction of sp³-hybridized carbons (Fsp3) is 0.424. The monoisotopic (exact) mass is 689 g/mol. The Labute approximate surface area is 283 Å². The van der Waals surface area contributed by atoms with Gasteiger partial charge in [-0.1, -0.05) is 18.2 Å². The molecule has 1 aliphatic heterocycles. The number of anilines is 2. The number of quaternary nitrogens is 1. The summed E-state index contributed by atoms with van der Waals surface area (Å²) >= 11 is 0. The van der Waals surface area contributed by atoms with Crippen molar-refractivity contribution in [2.24, 2.45) is 0 Å². The number of likely N-dealkylation sites (N-methyl/N-ethyl adjacent to an activating group) is 1. The predicted molar refractivity (Wildman–Crippen MR) is 168 cm³/mol. The fourth-order valence-electron chi connectivity index (χ4n) is 5.53. The first kappa shape index (κ1) is 37.8.